The van der Waals surface area contributed by atoms with Gasteiger partial charge in [-0.1, -0.05) is 133 Å². The third kappa shape index (κ3) is 6.24. The fourth-order valence-electron chi connectivity index (χ4n) is 5.75. The van der Waals surface area contributed by atoms with E-state index in [9.17, 15) is 5.26 Å². The summed E-state index contributed by atoms with van der Waals surface area (Å²) in [5.41, 5.74) is 15.0. The number of nitriles is 1. The summed E-state index contributed by atoms with van der Waals surface area (Å²) in [6, 6.07) is 52.9. The van der Waals surface area contributed by atoms with Gasteiger partial charge in [0.05, 0.1) is 5.56 Å². The molecule has 7 aliphatic heterocycles. The van der Waals surface area contributed by atoms with Crippen molar-refractivity contribution >= 4 is 23.5 Å². The van der Waals surface area contributed by atoms with E-state index in [2.05, 4.69) is 146 Å². The van der Waals surface area contributed by atoms with Crippen LogP contribution in [-0.2, 0) is 23.0 Å². The van der Waals surface area contributed by atoms with Crippen LogP contribution in [0.15, 0.2) is 140 Å². The van der Waals surface area contributed by atoms with Crippen LogP contribution in [0.3, 0.4) is 0 Å². The van der Waals surface area contributed by atoms with Crippen LogP contribution >= 0.6 is 23.5 Å². The van der Waals surface area contributed by atoms with Gasteiger partial charge >= 0.3 is 0 Å². The molecule has 1 nitrogen and oxygen atoms in total. The van der Waals surface area contributed by atoms with Crippen molar-refractivity contribution in [2.75, 3.05) is 0 Å². The standard InChI is InChI=1S/C41H31NS2/c42-24-41-39-5-2-6-40(41)36-21-13-32(14-22-36)28-44-26-30-9-17-34(18-10-30)38-4-1-3-37(23-38)33-15-7-29(8-16-33)25-43-27-31-11-19-35(39)20-12-31/h1-23H,25-28H2. The van der Waals surface area contributed by atoms with Crippen LogP contribution in [0.25, 0.3) is 44.5 Å². The van der Waals surface area contributed by atoms with Gasteiger partial charge in [0.1, 0.15) is 6.07 Å². The van der Waals surface area contributed by atoms with Crippen LogP contribution < -0.4 is 0 Å². The number of hydrogen-bond donors (Lipinski definition) is 0. The molecule has 0 spiro atoms. The molecule has 0 unspecified atom stereocenters. The molecule has 6 aromatic carbocycles. The highest BCUT2D eigenvalue weighted by atomic mass is 32.2. The predicted molar refractivity (Wildman–Crippen MR) is 189 cm³/mol. The minimum atomic E-state index is 0.725. The molecule has 212 valence electrons. The number of nitrogens with zero attached hydrogens (tertiary/aromatic N) is 1. The van der Waals surface area contributed by atoms with E-state index in [4.69, 9.17) is 0 Å². The van der Waals surface area contributed by atoms with Crippen LogP contribution in [0.5, 0.6) is 0 Å². The van der Waals surface area contributed by atoms with Crippen molar-refractivity contribution in [2.45, 2.75) is 23.0 Å². The molecule has 0 aromatic heterocycles. The first-order valence-electron chi connectivity index (χ1n) is 14.9. The van der Waals surface area contributed by atoms with Crippen LogP contribution in [0.4, 0.5) is 0 Å². The van der Waals surface area contributed by atoms with E-state index in [1.165, 1.54) is 44.5 Å². The SMILES string of the molecule is N#Cc1c2cccc1-c1ccc(cc1)CSCc1ccc(cc1)-c1cccc(c1)-c1ccc(cc1)CSCc1ccc-2cc1. The number of hydrogen-bond acceptors (Lipinski definition) is 3. The van der Waals surface area contributed by atoms with E-state index in [0.717, 1.165) is 50.8 Å². The zero-order chi connectivity index (χ0) is 29.7. The largest absolute Gasteiger partial charge is 0.192 e. The third-order valence-electron chi connectivity index (χ3n) is 8.22. The number of rotatable bonds is 0. The zero-order valence-corrected chi connectivity index (χ0v) is 26.0. The molecule has 7 aliphatic rings. The summed E-state index contributed by atoms with van der Waals surface area (Å²) < 4.78 is 0. The Morgan fingerprint density at radius 1 is 0.386 bits per heavy atom. The summed E-state index contributed by atoms with van der Waals surface area (Å²) in [6.07, 6.45) is 0. The van der Waals surface area contributed by atoms with Crippen LogP contribution in [0.2, 0.25) is 0 Å². The normalized spacial score (nSPS) is 12.9. The van der Waals surface area contributed by atoms with E-state index in [1.807, 2.05) is 23.5 Å². The molecule has 44 heavy (non-hydrogen) atoms. The van der Waals surface area contributed by atoms with Crippen LogP contribution in [-0.4, -0.2) is 0 Å². The lowest BCUT2D eigenvalue weighted by Gasteiger charge is -2.12. The molecule has 0 amide bonds. The van der Waals surface area contributed by atoms with Gasteiger partial charge in [-0.2, -0.15) is 28.8 Å². The monoisotopic (exact) mass is 601 g/mol. The third-order valence-corrected chi connectivity index (χ3v) is 10.4. The lowest BCUT2D eigenvalue weighted by molar-refractivity contribution is 1.36. The molecule has 0 aliphatic carbocycles. The molecule has 0 radical (unpaired) electrons. The topological polar surface area (TPSA) is 23.8 Å². The van der Waals surface area contributed by atoms with Gasteiger partial charge in [-0.3, -0.25) is 0 Å². The van der Waals surface area contributed by atoms with E-state index >= 15 is 0 Å². The summed E-state index contributed by atoms with van der Waals surface area (Å²) in [4.78, 5) is 0. The Hall–Kier alpha value is -4.49. The van der Waals surface area contributed by atoms with E-state index in [0.29, 0.717) is 0 Å². The van der Waals surface area contributed by atoms with Gasteiger partial charge in [0.15, 0.2) is 0 Å². The Morgan fingerprint density at radius 3 is 1.09 bits per heavy atom. The molecular weight excluding hydrogens is 571 g/mol. The van der Waals surface area contributed by atoms with E-state index in [-0.39, 0.29) is 0 Å². The highest BCUT2D eigenvalue weighted by molar-refractivity contribution is 7.97. The molecule has 6 aromatic rings. The first-order valence-corrected chi connectivity index (χ1v) is 17.2. The van der Waals surface area contributed by atoms with Gasteiger partial charge in [-0.05, 0) is 61.7 Å². The summed E-state index contributed by atoms with van der Waals surface area (Å²) in [7, 11) is 0. The number of thioether (sulfide) groups is 2. The maximum atomic E-state index is 10.2. The zero-order valence-electron chi connectivity index (χ0n) is 24.4. The predicted octanol–water partition coefficient (Wildman–Crippen LogP) is 11.4. The Kier molecular flexibility index (Phi) is 8.37. The fourth-order valence-corrected chi connectivity index (χ4v) is 7.67. The first-order chi connectivity index (χ1) is 21.7. The first kappa shape index (κ1) is 28.3. The van der Waals surface area contributed by atoms with Crippen molar-refractivity contribution in [3.63, 3.8) is 0 Å². The van der Waals surface area contributed by atoms with Crippen LogP contribution in [0, 0.1) is 11.3 Å². The highest BCUT2D eigenvalue weighted by Gasteiger charge is 2.12. The van der Waals surface area contributed by atoms with Crippen molar-refractivity contribution < 1.29 is 0 Å². The van der Waals surface area contributed by atoms with E-state index in [1.54, 1.807) is 0 Å². The maximum Gasteiger partial charge on any atom is 0.100 e. The van der Waals surface area contributed by atoms with Crippen molar-refractivity contribution in [3.05, 3.63) is 167 Å². The van der Waals surface area contributed by atoms with E-state index < -0.39 is 0 Å². The molecule has 0 saturated heterocycles. The molecule has 13 rings (SSSR count). The fraction of sp³-hybridized carbons (Fsp3) is 0.0976. The van der Waals surface area contributed by atoms with Crippen LogP contribution in [0.1, 0.15) is 27.8 Å². The van der Waals surface area contributed by atoms with Gasteiger partial charge in [0, 0.05) is 34.1 Å². The maximum absolute atomic E-state index is 10.2. The lowest BCUT2D eigenvalue weighted by Crippen LogP contribution is -1.91. The minimum absolute atomic E-state index is 0.725. The highest BCUT2D eigenvalue weighted by Crippen LogP contribution is 2.34. The van der Waals surface area contributed by atoms with Gasteiger partial charge in [-0.25, -0.2) is 0 Å². The average Bonchev–Trinajstić information content (AvgIpc) is 3.09. The van der Waals surface area contributed by atoms with Gasteiger partial charge in [0.2, 0.25) is 0 Å². The van der Waals surface area contributed by atoms with Crippen molar-refractivity contribution in [2.24, 2.45) is 0 Å². The van der Waals surface area contributed by atoms with Crippen molar-refractivity contribution in [1.82, 2.24) is 0 Å². The van der Waals surface area contributed by atoms with Crippen molar-refractivity contribution in [1.29, 1.82) is 5.26 Å². The second kappa shape index (κ2) is 13.0. The second-order valence-corrected chi connectivity index (χ2v) is 13.2. The smallest absolute Gasteiger partial charge is 0.100 e. The molecule has 0 N–H and O–H groups in total. The molecule has 0 fully saturated rings. The Labute approximate surface area is 268 Å². The second-order valence-electron chi connectivity index (χ2n) is 11.2. The lowest BCUT2D eigenvalue weighted by atomic mass is 9.92. The van der Waals surface area contributed by atoms with Gasteiger partial charge in [-0.15, -0.1) is 0 Å². The molecule has 0 saturated carbocycles. The molecular formula is C41H31NS2. The molecule has 3 heteroatoms. The van der Waals surface area contributed by atoms with Gasteiger partial charge < -0.3 is 0 Å². The summed E-state index contributed by atoms with van der Waals surface area (Å²) >= 11 is 3.85. The van der Waals surface area contributed by atoms with Gasteiger partial charge in [0.25, 0.3) is 0 Å². The Bertz CT molecular complexity index is 1800. The molecule has 12 bridgehead atoms. The summed E-state index contributed by atoms with van der Waals surface area (Å²) in [6.45, 7) is 0. The Morgan fingerprint density at radius 2 is 0.727 bits per heavy atom. The Balaban J connectivity index is 1.20. The average molecular weight is 602 g/mol. The quantitative estimate of drug-likeness (QED) is 0.173. The minimum Gasteiger partial charge on any atom is -0.192 e. The summed E-state index contributed by atoms with van der Waals surface area (Å²) in [5, 5.41) is 10.2. The molecule has 0 atom stereocenters. The molecule has 7 heterocycles. The van der Waals surface area contributed by atoms with Crippen molar-refractivity contribution in [3.8, 4) is 50.6 Å². The number of benzene rings is 6. The summed E-state index contributed by atoms with van der Waals surface area (Å²) in [5.74, 6) is 3.82.